The Kier molecular flexibility index (Phi) is 9.20. The maximum atomic E-state index is 13.2. The molecule has 2 N–H and O–H groups in total. The van der Waals surface area contributed by atoms with E-state index in [9.17, 15) is 19.2 Å². The van der Waals surface area contributed by atoms with E-state index >= 15 is 0 Å². The van der Waals surface area contributed by atoms with Crippen molar-refractivity contribution in [2.75, 3.05) is 7.11 Å². The predicted octanol–water partition coefficient (Wildman–Crippen LogP) is 2.94. The van der Waals surface area contributed by atoms with E-state index in [2.05, 4.69) is 10.6 Å². The van der Waals surface area contributed by atoms with Crippen LogP contribution in [0.3, 0.4) is 0 Å². The van der Waals surface area contributed by atoms with Gasteiger partial charge in [-0.3, -0.25) is 9.59 Å². The zero-order valence-corrected chi connectivity index (χ0v) is 19.2. The van der Waals surface area contributed by atoms with Crippen molar-refractivity contribution in [1.82, 2.24) is 10.6 Å². The Labute approximate surface area is 199 Å². The summed E-state index contributed by atoms with van der Waals surface area (Å²) in [5.74, 6) is -1.45. The number of esters is 1. The third kappa shape index (κ3) is 7.43. The number of ketones is 1. The van der Waals surface area contributed by atoms with Gasteiger partial charge >= 0.3 is 12.1 Å². The maximum Gasteiger partial charge on any atom is 0.408 e. The number of benzene rings is 2. The number of hydrogen-bond acceptors (Lipinski definition) is 6. The molecule has 0 unspecified atom stereocenters. The maximum absolute atomic E-state index is 13.2. The molecule has 0 heterocycles. The van der Waals surface area contributed by atoms with Crippen LogP contribution in [0.5, 0.6) is 0 Å². The lowest BCUT2D eigenvalue weighted by molar-refractivity contribution is -0.147. The van der Waals surface area contributed by atoms with Crippen LogP contribution in [-0.4, -0.2) is 42.9 Å². The Morgan fingerprint density at radius 3 is 2.24 bits per heavy atom. The summed E-state index contributed by atoms with van der Waals surface area (Å²) >= 11 is 0. The van der Waals surface area contributed by atoms with Gasteiger partial charge in [-0.2, -0.15) is 0 Å². The van der Waals surface area contributed by atoms with E-state index in [-0.39, 0.29) is 31.1 Å². The lowest BCUT2D eigenvalue weighted by Crippen LogP contribution is -2.55. The lowest BCUT2D eigenvalue weighted by atomic mass is 9.83. The monoisotopic (exact) mass is 466 g/mol. The number of nitrogens with one attached hydrogen (secondary N) is 2. The van der Waals surface area contributed by atoms with E-state index in [4.69, 9.17) is 9.47 Å². The molecule has 8 nitrogen and oxygen atoms in total. The zero-order valence-electron chi connectivity index (χ0n) is 19.2. The predicted molar refractivity (Wildman–Crippen MR) is 125 cm³/mol. The van der Waals surface area contributed by atoms with Gasteiger partial charge in [-0.15, -0.1) is 0 Å². The zero-order chi connectivity index (χ0) is 24.3. The first-order valence-corrected chi connectivity index (χ1v) is 11.4. The molecule has 0 saturated heterocycles. The highest BCUT2D eigenvalue weighted by molar-refractivity contribution is 5.90. The molecule has 1 aliphatic carbocycles. The van der Waals surface area contributed by atoms with Crippen LogP contribution in [0.15, 0.2) is 60.7 Å². The highest BCUT2D eigenvalue weighted by Gasteiger charge is 2.36. The second kappa shape index (κ2) is 12.5. The van der Waals surface area contributed by atoms with E-state index in [0.29, 0.717) is 19.3 Å². The largest absolute Gasteiger partial charge is 0.467 e. The fraction of sp³-hybridized carbons (Fsp3) is 0.385. The van der Waals surface area contributed by atoms with Crippen LogP contribution in [0.25, 0.3) is 0 Å². The van der Waals surface area contributed by atoms with Crippen LogP contribution >= 0.6 is 0 Å². The van der Waals surface area contributed by atoms with Crippen molar-refractivity contribution in [3.05, 3.63) is 71.8 Å². The summed E-state index contributed by atoms with van der Waals surface area (Å²) in [6.07, 6.45) is 1.42. The van der Waals surface area contributed by atoms with Gasteiger partial charge in [0.15, 0.2) is 0 Å². The molecule has 3 atom stereocenters. The van der Waals surface area contributed by atoms with Crippen LogP contribution in [0.2, 0.25) is 0 Å². The Bertz CT molecular complexity index is 979. The molecule has 2 amide bonds. The summed E-state index contributed by atoms with van der Waals surface area (Å²) in [4.78, 5) is 50.1. The molecule has 3 rings (SSSR count). The number of amides is 2. The molecule has 1 aliphatic rings. The van der Waals surface area contributed by atoms with Gasteiger partial charge in [-0.25, -0.2) is 9.59 Å². The topological polar surface area (TPSA) is 111 Å². The van der Waals surface area contributed by atoms with Crippen molar-refractivity contribution >= 4 is 23.8 Å². The number of rotatable bonds is 9. The first kappa shape index (κ1) is 25.0. The third-order valence-corrected chi connectivity index (χ3v) is 5.85. The average molecular weight is 467 g/mol. The number of carbonyl (C=O) groups excluding carboxylic acids is 4. The van der Waals surface area contributed by atoms with Crippen LogP contribution in [0.4, 0.5) is 4.79 Å². The van der Waals surface area contributed by atoms with Gasteiger partial charge in [0, 0.05) is 19.3 Å². The molecule has 0 aliphatic heterocycles. The molecule has 2 aromatic carbocycles. The fourth-order valence-corrected chi connectivity index (χ4v) is 4.06. The van der Waals surface area contributed by atoms with Crippen molar-refractivity contribution in [2.45, 2.75) is 50.8 Å². The van der Waals surface area contributed by atoms with Crippen molar-refractivity contribution in [3.8, 4) is 0 Å². The molecule has 34 heavy (non-hydrogen) atoms. The minimum Gasteiger partial charge on any atom is -0.467 e. The normalized spacial score (nSPS) is 17.2. The highest BCUT2D eigenvalue weighted by atomic mass is 16.5. The van der Waals surface area contributed by atoms with E-state index < -0.39 is 30.1 Å². The van der Waals surface area contributed by atoms with Crippen LogP contribution in [0, 0.1) is 5.92 Å². The van der Waals surface area contributed by atoms with Gasteiger partial charge in [0.1, 0.15) is 24.5 Å². The molecule has 2 aromatic rings. The average Bonchev–Trinajstić information content (AvgIpc) is 2.86. The quantitative estimate of drug-likeness (QED) is 0.550. The van der Waals surface area contributed by atoms with E-state index in [1.807, 2.05) is 60.7 Å². The first-order valence-electron chi connectivity index (χ1n) is 11.4. The van der Waals surface area contributed by atoms with Crippen molar-refractivity contribution in [1.29, 1.82) is 0 Å². The second-order valence-corrected chi connectivity index (χ2v) is 8.35. The van der Waals surface area contributed by atoms with E-state index in [1.54, 1.807) is 0 Å². The van der Waals surface area contributed by atoms with Crippen molar-refractivity contribution in [2.24, 2.45) is 5.92 Å². The summed E-state index contributed by atoms with van der Waals surface area (Å²) in [6.45, 7) is 0.0569. The number of Topliss-reactive ketones (excluding diaryl/α,β-unsaturated/α-hetero) is 1. The summed E-state index contributed by atoms with van der Waals surface area (Å²) < 4.78 is 10.2. The molecule has 8 heteroatoms. The molecule has 1 fully saturated rings. The van der Waals surface area contributed by atoms with E-state index in [0.717, 1.165) is 11.1 Å². The molecule has 0 bridgehead atoms. The molecule has 1 saturated carbocycles. The summed E-state index contributed by atoms with van der Waals surface area (Å²) in [5.41, 5.74) is 1.64. The Morgan fingerprint density at radius 1 is 0.971 bits per heavy atom. The summed E-state index contributed by atoms with van der Waals surface area (Å²) in [6, 6.07) is 16.4. The molecule has 0 spiro atoms. The molecular formula is C26H30N2O6. The summed E-state index contributed by atoms with van der Waals surface area (Å²) in [7, 11) is 1.24. The summed E-state index contributed by atoms with van der Waals surface area (Å²) in [5, 5.41) is 5.34. The van der Waals surface area contributed by atoms with Gasteiger partial charge in [-0.1, -0.05) is 60.7 Å². The fourth-order valence-electron chi connectivity index (χ4n) is 4.06. The number of methoxy groups -OCH3 is 1. The van der Waals surface area contributed by atoms with Crippen LogP contribution in [-0.2, 0) is 36.9 Å². The number of carbonyl (C=O) groups is 4. The Balaban J connectivity index is 1.71. The minimum atomic E-state index is -0.989. The smallest absolute Gasteiger partial charge is 0.408 e. The van der Waals surface area contributed by atoms with Gasteiger partial charge in [-0.05, 0) is 29.9 Å². The Morgan fingerprint density at radius 2 is 1.62 bits per heavy atom. The first-order chi connectivity index (χ1) is 16.5. The van der Waals surface area contributed by atoms with Gasteiger partial charge in [0.05, 0.1) is 7.11 Å². The molecule has 180 valence electrons. The SMILES string of the molecule is COC(=O)[C@@H](NC(=O)[C@H](Cc1ccccc1)NC(=O)OCc1ccccc1)[C@H]1CCCC(=O)C1. The van der Waals surface area contributed by atoms with Crippen molar-refractivity contribution in [3.63, 3.8) is 0 Å². The second-order valence-electron chi connectivity index (χ2n) is 8.35. The Hall–Kier alpha value is -3.68. The highest BCUT2D eigenvalue weighted by Crippen LogP contribution is 2.25. The number of hydrogen-bond donors (Lipinski definition) is 2. The van der Waals surface area contributed by atoms with Crippen molar-refractivity contribution < 1.29 is 28.7 Å². The lowest BCUT2D eigenvalue weighted by Gasteiger charge is -2.29. The van der Waals surface area contributed by atoms with Gasteiger partial charge in [0.2, 0.25) is 5.91 Å². The standard InChI is InChI=1S/C26H30N2O6/c1-33-25(31)23(20-13-8-14-21(29)16-20)28-24(30)22(15-18-9-4-2-5-10-18)27-26(32)34-17-19-11-6-3-7-12-19/h2-7,9-12,20,22-23H,8,13-17H2,1H3,(H,27,32)(H,28,30)/t20-,22-,23-/m0/s1. The van der Waals surface area contributed by atoms with E-state index in [1.165, 1.54) is 7.11 Å². The van der Waals surface area contributed by atoms with Crippen LogP contribution in [0.1, 0.15) is 36.8 Å². The third-order valence-electron chi connectivity index (χ3n) is 5.85. The van der Waals surface area contributed by atoms with Gasteiger partial charge < -0.3 is 20.1 Å². The number of ether oxygens (including phenoxy) is 2. The minimum absolute atomic E-state index is 0.0569. The van der Waals surface area contributed by atoms with Gasteiger partial charge in [0.25, 0.3) is 0 Å². The number of alkyl carbamates (subject to hydrolysis) is 1. The molecular weight excluding hydrogens is 436 g/mol. The molecule has 0 radical (unpaired) electrons. The molecule has 0 aromatic heterocycles. The van der Waals surface area contributed by atoms with Crippen LogP contribution < -0.4 is 10.6 Å².